The zero-order valence-electron chi connectivity index (χ0n) is 9.64. The van der Waals surface area contributed by atoms with Gasteiger partial charge in [0, 0.05) is 30.2 Å². The second-order valence-corrected chi connectivity index (χ2v) is 4.70. The Morgan fingerprint density at radius 1 is 1.41 bits per heavy atom. The third-order valence-electron chi connectivity index (χ3n) is 2.09. The van der Waals surface area contributed by atoms with Crippen molar-refractivity contribution in [3.63, 3.8) is 0 Å². The van der Waals surface area contributed by atoms with E-state index in [9.17, 15) is 13.6 Å². The summed E-state index contributed by atoms with van der Waals surface area (Å²) in [5.41, 5.74) is 0.702. The van der Waals surface area contributed by atoms with Crippen molar-refractivity contribution in [2.75, 3.05) is 5.75 Å². The van der Waals surface area contributed by atoms with Gasteiger partial charge in [-0.2, -0.15) is 0 Å². The largest absolute Gasteiger partial charge is 0.288 e. The summed E-state index contributed by atoms with van der Waals surface area (Å²) in [6.45, 7) is 2.99. The molecule has 0 N–H and O–H groups in total. The summed E-state index contributed by atoms with van der Waals surface area (Å²) in [6, 6.07) is 2.52. The highest BCUT2D eigenvalue weighted by Crippen LogP contribution is 2.14. The van der Waals surface area contributed by atoms with E-state index in [0.717, 1.165) is 6.07 Å². The van der Waals surface area contributed by atoms with Crippen LogP contribution in [-0.4, -0.2) is 10.9 Å². The molecule has 0 bridgehead atoms. The van der Waals surface area contributed by atoms with Crippen LogP contribution in [0.15, 0.2) is 12.1 Å². The monoisotopic (exact) mass is 254 g/mol. The Morgan fingerprint density at radius 3 is 2.76 bits per heavy atom. The maximum atomic E-state index is 13.2. The van der Waals surface area contributed by atoms with Gasteiger partial charge in [-0.05, 0) is 19.1 Å². The Balaban J connectivity index is 2.66. The van der Waals surface area contributed by atoms with Crippen molar-refractivity contribution in [2.24, 2.45) is 0 Å². The highest BCUT2D eigenvalue weighted by Gasteiger charge is 2.07. The molecule has 90 valence electrons. The van der Waals surface area contributed by atoms with Crippen LogP contribution in [0.25, 0.3) is 0 Å². The first kappa shape index (κ1) is 13.7. The van der Waals surface area contributed by atoms with E-state index < -0.39 is 11.6 Å². The molecule has 1 rings (SSSR count). The molecule has 1 aromatic rings. The zero-order valence-corrected chi connectivity index (χ0v) is 10.5. The summed E-state index contributed by atoms with van der Waals surface area (Å²) in [7, 11) is 0. The fraction of sp³-hybridized carbons (Fsp3) is 0.308. The third kappa shape index (κ3) is 4.20. The summed E-state index contributed by atoms with van der Waals surface area (Å²) in [4.78, 5) is 10.6. The summed E-state index contributed by atoms with van der Waals surface area (Å²) in [5, 5.41) is 0.0517. The average molecular weight is 254 g/mol. The molecule has 0 saturated carbocycles. The van der Waals surface area contributed by atoms with E-state index in [1.54, 1.807) is 0 Å². The predicted octanol–water partition coefficient (Wildman–Crippen LogP) is 3.29. The Bertz CT molecular complexity index is 486. The topological polar surface area (TPSA) is 17.1 Å². The van der Waals surface area contributed by atoms with E-state index in [4.69, 9.17) is 0 Å². The summed E-state index contributed by atoms with van der Waals surface area (Å²) in [6.07, 6.45) is 0.544. The number of hydrogen-bond acceptors (Lipinski definition) is 2. The van der Waals surface area contributed by atoms with Gasteiger partial charge in [-0.15, -0.1) is 0 Å². The molecule has 0 aliphatic carbocycles. The van der Waals surface area contributed by atoms with Crippen LogP contribution in [0.1, 0.15) is 24.5 Å². The molecule has 0 aliphatic heterocycles. The summed E-state index contributed by atoms with van der Waals surface area (Å²) < 4.78 is 26.0. The Labute approximate surface area is 104 Å². The normalized spacial score (nSPS) is 9.65. The van der Waals surface area contributed by atoms with Gasteiger partial charge < -0.3 is 0 Å². The highest BCUT2D eigenvalue weighted by molar-refractivity contribution is 8.13. The van der Waals surface area contributed by atoms with Crippen molar-refractivity contribution in [3.8, 4) is 11.8 Å². The molecule has 0 fully saturated rings. The van der Waals surface area contributed by atoms with Crippen LogP contribution in [-0.2, 0) is 4.79 Å². The van der Waals surface area contributed by atoms with Gasteiger partial charge >= 0.3 is 0 Å². The average Bonchev–Trinajstić information content (AvgIpc) is 2.28. The van der Waals surface area contributed by atoms with E-state index in [-0.39, 0.29) is 10.7 Å². The first-order chi connectivity index (χ1) is 8.02. The Hall–Kier alpha value is -1.34. The number of rotatable bonds is 2. The smallest absolute Gasteiger partial charge is 0.185 e. The molecule has 1 nitrogen and oxygen atoms in total. The number of halogens is 2. The van der Waals surface area contributed by atoms with Crippen molar-refractivity contribution < 1.29 is 13.6 Å². The quantitative estimate of drug-likeness (QED) is 0.595. The maximum Gasteiger partial charge on any atom is 0.185 e. The number of carbonyl (C=O) groups is 1. The van der Waals surface area contributed by atoms with Gasteiger partial charge in [0.05, 0.1) is 0 Å². The molecular formula is C13H12F2OS. The van der Waals surface area contributed by atoms with Gasteiger partial charge in [-0.1, -0.05) is 23.6 Å². The maximum absolute atomic E-state index is 13.2. The van der Waals surface area contributed by atoms with Crippen molar-refractivity contribution in [2.45, 2.75) is 20.3 Å². The Kier molecular flexibility index (Phi) is 5.17. The van der Waals surface area contributed by atoms with Gasteiger partial charge in [0.25, 0.3) is 0 Å². The molecule has 0 spiro atoms. The lowest BCUT2D eigenvalue weighted by molar-refractivity contribution is -0.109. The second kappa shape index (κ2) is 6.41. The van der Waals surface area contributed by atoms with Crippen LogP contribution in [0.3, 0.4) is 0 Å². The molecule has 0 unspecified atom stereocenters. The van der Waals surface area contributed by atoms with Gasteiger partial charge in [-0.25, -0.2) is 8.78 Å². The molecular weight excluding hydrogens is 242 g/mol. The minimum absolute atomic E-state index is 0.0517. The molecule has 4 heteroatoms. The predicted molar refractivity (Wildman–Crippen MR) is 65.7 cm³/mol. The van der Waals surface area contributed by atoms with E-state index in [2.05, 4.69) is 11.8 Å². The van der Waals surface area contributed by atoms with Gasteiger partial charge in [0.2, 0.25) is 0 Å². The standard InChI is InChI=1S/C13H12F2OS/c1-9-11(6-7-12(14)13(9)15)5-3-4-8-17-10(2)16/h6-7H,4,8H2,1-2H3. The Morgan fingerprint density at radius 2 is 2.12 bits per heavy atom. The lowest BCUT2D eigenvalue weighted by atomic mass is 10.1. The van der Waals surface area contributed by atoms with E-state index in [1.807, 2.05) is 0 Å². The summed E-state index contributed by atoms with van der Waals surface area (Å²) in [5.74, 6) is 4.51. The number of thioether (sulfide) groups is 1. The van der Waals surface area contributed by atoms with Crippen molar-refractivity contribution in [1.29, 1.82) is 0 Å². The fourth-order valence-corrected chi connectivity index (χ4v) is 1.68. The van der Waals surface area contributed by atoms with Crippen LogP contribution < -0.4 is 0 Å². The first-order valence-corrected chi connectivity index (χ1v) is 6.07. The fourth-order valence-electron chi connectivity index (χ4n) is 1.19. The molecule has 17 heavy (non-hydrogen) atoms. The zero-order chi connectivity index (χ0) is 12.8. The molecule has 0 aliphatic rings. The van der Waals surface area contributed by atoms with Crippen molar-refractivity contribution in [1.82, 2.24) is 0 Å². The molecule has 0 amide bonds. The van der Waals surface area contributed by atoms with E-state index in [0.29, 0.717) is 17.7 Å². The van der Waals surface area contributed by atoms with Gasteiger partial charge in [0.1, 0.15) is 0 Å². The van der Waals surface area contributed by atoms with Crippen LogP contribution in [0, 0.1) is 30.4 Å². The number of benzene rings is 1. The molecule has 0 saturated heterocycles. The van der Waals surface area contributed by atoms with Crippen LogP contribution in [0.4, 0.5) is 8.78 Å². The lowest BCUT2D eigenvalue weighted by Gasteiger charge is -2.00. The molecule has 0 radical (unpaired) electrons. The minimum Gasteiger partial charge on any atom is -0.288 e. The van der Waals surface area contributed by atoms with E-state index in [1.165, 1.54) is 31.7 Å². The second-order valence-electron chi connectivity index (χ2n) is 3.43. The highest BCUT2D eigenvalue weighted by atomic mass is 32.2. The van der Waals surface area contributed by atoms with Crippen molar-refractivity contribution >= 4 is 16.9 Å². The number of carbonyl (C=O) groups excluding carboxylic acids is 1. The lowest BCUT2D eigenvalue weighted by Crippen LogP contribution is -1.92. The van der Waals surface area contributed by atoms with Crippen LogP contribution in [0.2, 0.25) is 0 Å². The van der Waals surface area contributed by atoms with Gasteiger partial charge in [-0.3, -0.25) is 4.79 Å². The SMILES string of the molecule is CC(=O)SCCC#Cc1ccc(F)c(F)c1C. The number of hydrogen-bond donors (Lipinski definition) is 0. The first-order valence-electron chi connectivity index (χ1n) is 5.09. The van der Waals surface area contributed by atoms with Crippen LogP contribution >= 0.6 is 11.8 Å². The molecule has 1 aromatic carbocycles. The van der Waals surface area contributed by atoms with Crippen molar-refractivity contribution in [3.05, 3.63) is 34.9 Å². The molecule has 0 atom stereocenters. The van der Waals surface area contributed by atoms with E-state index >= 15 is 0 Å². The minimum atomic E-state index is -0.861. The molecule has 0 aromatic heterocycles. The van der Waals surface area contributed by atoms with Gasteiger partial charge in [0.15, 0.2) is 16.7 Å². The van der Waals surface area contributed by atoms with Crippen LogP contribution in [0.5, 0.6) is 0 Å². The summed E-state index contributed by atoms with van der Waals surface area (Å²) >= 11 is 1.20. The third-order valence-corrected chi connectivity index (χ3v) is 2.91. The molecule has 0 heterocycles.